The molecular weight excluding hydrogens is 282 g/mol. The maximum Gasteiger partial charge on any atom is 0.0574 e. The molecule has 1 atom stereocenters. The van der Waals surface area contributed by atoms with Gasteiger partial charge in [0, 0.05) is 0 Å². The Labute approximate surface area is 146 Å². The zero-order chi connectivity index (χ0) is 17.0. The summed E-state index contributed by atoms with van der Waals surface area (Å²) in [7, 11) is 0. The molecule has 0 spiro atoms. The van der Waals surface area contributed by atoms with Crippen LogP contribution >= 0.6 is 0 Å². The number of allylic oxidation sites excluding steroid dienone is 1. The Morgan fingerprint density at radius 3 is 2.17 bits per heavy atom. The summed E-state index contributed by atoms with van der Waals surface area (Å²) in [6, 6.07) is 0. The second-order valence-corrected chi connectivity index (χ2v) is 6.87. The summed E-state index contributed by atoms with van der Waals surface area (Å²) in [4.78, 5) is 0. The molecule has 0 amide bonds. The van der Waals surface area contributed by atoms with Gasteiger partial charge in [0.15, 0.2) is 0 Å². The van der Waals surface area contributed by atoms with E-state index in [1.165, 1.54) is 90.1 Å². The molecule has 2 nitrogen and oxygen atoms in total. The molecule has 0 saturated carbocycles. The molecule has 0 aromatic rings. The molecule has 0 saturated heterocycles. The minimum Gasteiger partial charge on any atom is -0.393 e. The number of rotatable bonds is 18. The van der Waals surface area contributed by atoms with Crippen LogP contribution in [0.5, 0.6) is 0 Å². The van der Waals surface area contributed by atoms with Gasteiger partial charge in [0.25, 0.3) is 0 Å². The minimum atomic E-state index is -0.121. The third kappa shape index (κ3) is 19.6. The number of hydrogen-bond donors (Lipinski definition) is 2. The topological polar surface area (TPSA) is 32.3 Å². The molecule has 0 aliphatic heterocycles. The van der Waals surface area contributed by atoms with E-state index in [0.717, 1.165) is 12.8 Å². The lowest BCUT2D eigenvalue weighted by Gasteiger charge is -2.07. The van der Waals surface area contributed by atoms with Crippen molar-refractivity contribution in [2.45, 2.75) is 110 Å². The van der Waals surface area contributed by atoms with Crippen LogP contribution in [0.15, 0.2) is 12.2 Å². The predicted octanol–water partition coefficient (Wildman–Crippen LogP) is 5.99. The van der Waals surface area contributed by atoms with Gasteiger partial charge >= 0.3 is 0 Å². The lowest BCUT2D eigenvalue weighted by atomic mass is 10.1. The molecule has 1 unspecified atom stereocenters. The molecule has 0 aliphatic rings. The Morgan fingerprint density at radius 2 is 1.43 bits per heavy atom. The van der Waals surface area contributed by atoms with Crippen LogP contribution in [0.4, 0.5) is 0 Å². The number of nitrogens with one attached hydrogen (secondary N) is 1. The smallest absolute Gasteiger partial charge is 0.0574 e. The van der Waals surface area contributed by atoms with E-state index in [9.17, 15) is 5.11 Å². The summed E-state index contributed by atoms with van der Waals surface area (Å²) in [6.07, 6.45) is 21.7. The molecule has 0 heterocycles. The van der Waals surface area contributed by atoms with Crippen LogP contribution in [0, 0.1) is 0 Å². The van der Waals surface area contributed by atoms with E-state index in [2.05, 4.69) is 31.3 Å². The highest BCUT2D eigenvalue weighted by Crippen LogP contribution is 2.10. The average molecular weight is 326 g/mol. The average Bonchev–Trinajstić information content (AvgIpc) is 2.56. The minimum absolute atomic E-state index is 0.121. The van der Waals surface area contributed by atoms with Gasteiger partial charge in [-0.1, -0.05) is 77.4 Å². The van der Waals surface area contributed by atoms with Crippen LogP contribution in [0.2, 0.25) is 0 Å². The Kier molecular flexibility index (Phi) is 19.4. The lowest BCUT2D eigenvalue weighted by Crippen LogP contribution is -2.15. The first kappa shape index (κ1) is 22.7. The summed E-state index contributed by atoms with van der Waals surface area (Å²) in [6.45, 7) is 6.80. The van der Waals surface area contributed by atoms with Crippen molar-refractivity contribution in [1.29, 1.82) is 0 Å². The SMILES string of the molecule is CCCCCCC(O)C/C=C\CCCCCCCCNCCC. The summed E-state index contributed by atoms with van der Waals surface area (Å²) >= 11 is 0. The molecule has 0 aliphatic carbocycles. The van der Waals surface area contributed by atoms with Crippen LogP contribution in [-0.4, -0.2) is 24.3 Å². The highest BCUT2D eigenvalue weighted by Gasteiger charge is 2.00. The highest BCUT2D eigenvalue weighted by molar-refractivity contribution is 4.84. The maximum absolute atomic E-state index is 9.87. The first-order chi connectivity index (χ1) is 11.3. The monoisotopic (exact) mass is 325 g/mol. The summed E-state index contributed by atoms with van der Waals surface area (Å²) in [5, 5.41) is 13.3. The van der Waals surface area contributed by atoms with Gasteiger partial charge in [-0.2, -0.15) is 0 Å². The summed E-state index contributed by atoms with van der Waals surface area (Å²) in [5.74, 6) is 0. The molecule has 2 N–H and O–H groups in total. The van der Waals surface area contributed by atoms with Crippen molar-refractivity contribution in [3.63, 3.8) is 0 Å². The molecule has 0 aromatic heterocycles. The zero-order valence-corrected chi connectivity index (χ0v) is 16.0. The molecule has 0 rings (SSSR count). The van der Waals surface area contributed by atoms with E-state index in [4.69, 9.17) is 0 Å². The first-order valence-electron chi connectivity index (χ1n) is 10.3. The second-order valence-electron chi connectivity index (χ2n) is 6.87. The van der Waals surface area contributed by atoms with Crippen molar-refractivity contribution in [2.75, 3.05) is 13.1 Å². The van der Waals surface area contributed by atoms with E-state index in [-0.39, 0.29) is 6.10 Å². The maximum atomic E-state index is 9.87. The van der Waals surface area contributed by atoms with Crippen molar-refractivity contribution in [3.8, 4) is 0 Å². The largest absolute Gasteiger partial charge is 0.393 e. The molecule has 0 fully saturated rings. The normalized spacial score (nSPS) is 13.0. The van der Waals surface area contributed by atoms with Crippen molar-refractivity contribution in [1.82, 2.24) is 5.32 Å². The van der Waals surface area contributed by atoms with Crippen LogP contribution in [0.3, 0.4) is 0 Å². The van der Waals surface area contributed by atoms with Gasteiger partial charge < -0.3 is 10.4 Å². The quantitative estimate of drug-likeness (QED) is 0.239. The fourth-order valence-electron chi connectivity index (χ4n) is 2.82. The second kappa shape index (κ2) is 19.7. The van der Waals surface area contributed by atoms with Crippen molar-refractivity contribution >= 4 is 0 Å². The Balaban J connectivity index is 3.18. The molecular formula is C21H43NO. The third-order valence-electron chi connectivity index (χ3n) is 4.37. The molecule has 0 bridgehead atoms. The number of hydrogen-bond acceptors (Lipinski definition) is 2. The van der Waals surface area contributed by atoms with Gasteiger partial charge in [0.2, 0.25) is 0 Å². The Hall–Kier alpha value is -0.340. The molecule has 0 aromatic carbocycles. The van der Waals surface area contributed by atoms with E-state index >= 15 is 0 Å². The van der Waals surface area contributed by atoms with E-state index in [1.807, 2.05) is 0 Å². The van der Waals surface area contributed by atoms with Gasteiger partial charge in [-0.25, -0.2) is 0 Å². The molecule has 0 radical (unpaired) electrons. The van der Waals surface area contributed by atoms with Crippen LogP contribution in [0.25, 0.3) is 0 Å². The number of aliphatic hydroxyl groups excluding tert-OH is 1. The number of unbranched alkanes of at least 4 members (excludes halogenated alkanes) is 9. The van der Waals surface area contributed by atoms with Crippen molar-refractivity contribution in [2.24, 2.45) is 0 Å². The lowest BCUT2D eigenvalue weighted by molar-refractivity contribution is 0.163. The fraction of sp³-hybridized carbons (Fsp3) is 0.905. The summed E-state index contributed by atoms with van der Waals surface area (Å²) in [5.41, 5.74) is 0. The fourth-order valence-corrected chi connectivity index (χ4v) is 2.82. The molecule has 138 valence electrons. The van der Waals surface area contributed by atoms with Crippen LogP contribution < -0.4 is 5.32 Å². The number of aliphatic hydroxyl groups is 1. The highest BCUT2D eigenvalue weighted by atomic mass is 16.3. The van der Waals surface area contributed by atoms with Gasteiger partial charge in [-0.3, -0.25) is 0 Å². The third-order valence-corrected chi connectivity index (χ3v) is 4.37. The van der Waals surface area contributed by atoms with Gasteiger partial charge in [-0.15, -0.1) is 0 Å². The predicted molar refractivity (Wildman–Crippen MR) is 104 cm³/mol. The van der Waals surface area contributed by atoms with Gasteiger partial charge in [-0.05, 0) is 51.6 Å². The zero-order valence-electron chi connectivity index (χ0n) is 16.0. The van der Waals surface area contributed by atoms with Crippen molar-refractivity contribution < 1.29 is 5.11 Å². The standard InChI is InChI=1S/C21H43NO/c1-3-5-6-14-17-21(23)18-15-12-10-8-7-9-11-13-16-20-22-19-4-2/h12,15,21-23H,3-11,13-14,16-20H2,1-2H3/b15-12-. The van der Waals surface area contributed by atoms with Crippen LogP contribution in [-0.2, 0) is 0 Å². The van der Waals surface area contributed by atoms with Gasteiger partial charge in [0.1, 0.15) is 0 Å². The van der Waals surface area contributed by atoms with Gasteiger partial charge in [0.05, 0.1) is 6.10 Å². The Morgan fingerprint density at radius 1 is 0.739 bits per heavy atom. The van der Waals surface area contributed by atoms with Crippen molar-refractivity contribution in [3.05, 3.63) is 12.2 Å². The Bertz CT molecular complexity index is 240. The molecule has 2 heteroatoms. The van der Waals surface area contributed by atoms with E-state index < -0.39 is 0 Å². The van der Waals surface area contributed by atoms with Crippen LogP contribution in [0.1, 0.15) is 104 Å². The summed E-state index contributed by atoms with van der Waals surface area (Å²) < 4.78 is 0. The van der Waals surface area contributed by atoms with E-state index in [0.29, 0.717) is 0 Å². The first-order valence-corrected chi connectivity index (χ1v) is 10.3. The van der Waals surface area contributed by atoms with E-state index in [1.54, 1.807) is 0 Å². The molecule has 23 heavy (non-hydrogen) atoms.